The Morgan fingerprint density at radius 3 is 2.67 bits per heavy atom. The second-order valence-corrected chi connectivity index (χ2v) is 6.05. The van der Waals surface area contributed by atoms with E-state index in [1.807, 2.05) is 11.8 Å². The number of hydrogen-bond donors (Lipinski definition) is 1. The third-order valence-corrected chi connectivity index (χ3v) is 4.54. The van der Waals surface area contributed by atoms with E-state index in [-0.39, 0.29) is 18.4 Å². The first-order valence-electron chi connectivity index (χ1n) is 7.90. The highest BCUT2D eigenvalue weighted by Gasteiger charge is 2.30. The number of hydrogen-bond acceptors (Lipinski definition) is 4. The first-order chi connectivity index (χ1) is 10.1. The number of aliphatic carboxylic acids is 1. The third-order valence-electron chi connectivity index (χ3n) is 4.54. The van der Waals surface area contributed by atoms with Crippen LogP contribution in [0.1, 0.15) is 32.6 Å². The standard InChI is InChI=1S/C15H26N2O4/c1-12(15(20)16-7-9-21-10-8-16)17-6-2-3-13(11-17)4-5-14(18)19/h12-13H,2-11H2,1H3,(H,18,19). The lowest BCUT2D eigenvalue weighted by Gasteiger charge is -2.38. The van der Waals surface area contributed by atoms with E-state index in [9.17, 15) is 9.59 Å². The molecule has 2 saturated heterocycles. The molecule has 120 valence electrons. The molecule has 2 unspecified atom stereocenters. The Bertz CT molecular complexity index is 369. The molecule has 0 radical (unpaired) electrons. The summed E-state index contributed by atoms with van der Waals surface area (Å²) in [5.74, 6) is -0.156. The van der Waals surface area contributed by atoms with Gasteiger partial charge in [0.2, 0.25) is 5.91 Å². The maximum atomic E-state index is 12.5. The zero-order valence-corrected chi connectivity index (χ0v) is 12.8. The summed E-state index contributed by atoms with van der Waals surface area (Å²) >= 11 is 0. The molecule has 0 saturated carbocycles. The molecule has 21 heavy (non-hydrogen) atoms. The van der Waals surface area contributed by atoms with Gasteiger partial charge in [0, 0.05) is 26.1 Å². The van der Waals surface area contributed by atoms with Crippen LogP contribution >= 0.6 is 0 Å². The number of piperidine rings is 1. The molecule has 2 atom stereocenters. The molecule has 1 amide bonds. The molecule has 0 aromatic rings. The second-order valence-electron chi connectivity index (χ2n) is 6.05. The normalized spacial score (nSPS) is 25.6. The van der Waals surface area contributed by atoms with Gasteiger partial charge in [-0.05, 0) is 38.6 Å². The first kappa shape index (κ1) is 16.2. The van der Waals surface area contributed by atoms with Gasteiger partial charge in [0.05, 0.1) is 19.3 Å². The van der Waals surface area contributed by atoms with Crippen LogP contribution in [0.15, 0.2) is 0 Å². The Kier molecular flexibility index (Phi) is 5.99. The van der Waals surface area contributed by atoms with Crippen LogP contribution in [0.5, 0.6) is 0 Å². The maximum absolute atomic E-state index is 12.5. The van der Waals surface area contributed by atoms with Crippen molar-refractivity contribution in [3.05, 3.63) is 0 Å². The van der Waals surface area contributed by atoms with Gasteiger partial charge in [-0.2, -0.15) is 0 Å². The van der Waals surface area contributed by atoms with E-state index in [0.717, 1.165) is 25.9 Å². The van der Waals surface area contributed by atoms with Crippen molar-refractivity contribution in [2.24, 2.45) is 5.92 Å². The smallest absolute Gasteiger partial charge is 0.303 e. The van der Waals surface area contributed by atoms with Crippen molar-refractivity contribution < 1.29 is 19.4 Å². The number of rotatable bonds is 5. The first-order valence-corrected chi connectivity index (χ1v) is 7.90. The lowest BCUT2D eigenvalue weighted by atomic mass is 9.92. The fourth-order valence-electron chi connectivity index (χ4n) is 3.22. The van der Waals surface area contributed by atoms with E-state index >= 15 is 0 Å². The average Bonchev–Trinajstić information content (AvgIpc) is 2.52. The van der Waals surface area contributed by atoms with Crippen LogP contribution in [0.3, 0.4) is 0 Å². The Morgan fingerprint density at radius 2 is 2.00 bits per heavy atom. The average molecular weight is 298 g/mol. The summed E-state index contributed by atoms with van der Waals surface area (Å²) in [6.45, 7) is 6.35. The molecular weight excluding hydrogens is 272 g/mol. The number of ether oxygens (including phenoxy) is 1. The molecular formula is C15H26N2O4. The summed E-state index contributed by atoms with van der Waals surface area (Å²) in [6.07, 6.45) is 3.06. The van der Waals surface area contributed by atoms with Gasteiger partial charge in [-0.15, -0.1) is 0 Å². The van der Waals surface area contributed by atoms with Crippen LogP contribution in [0.25, 0.3) is 0 Å². The lowest BCUT2D eigenvalue weighted by Crippen LogP contribution is -2.52. The van der Waals surface area contributed by atoms with E-state index < -0.39 is 5.97 Å². The molecule has 0 bridgehead atoms. The van der Waals surface area contributed by atoms with Crippen molar-refractivity contribution in [1.29, 1.82) is 0 Å². The molecule has 2 aliphatic heterocycles. The van der Waals surface area contributed by atoms with Crippen molar-refractivity contribution in [3.8, 4) is 0 Å². The fourth-order valence-corrected chi connectivity index (χ4v) is 3.22. The summed E-state index contributed by atoms with van der Waals surface area (Å²) in [4.78, 5) is 27.3. The highest BCUT2D eigenvalue weighted by molar-refractivity contribution is 5.81. The van der Waals surface area contributed by atoms with Gasteiger partial charge in [-0.1, -0.05) is 0 Å². The monoisotopic (exact) mass is 298 g/mol. The molecule has 0 aromatic heterocycles. The largest absolute Gasteiger partial charge is 0.481 e. The maximum Gasteiger partial charge on any atom is 0.303 e. The van der Waals surface area contributed by atoms with Crippen LogP contribution < -0.4 is 0 Å². The van der Waals surface area contributed by atoms with Crippen LogP contribution in [0.2, 0.25) is 0 Å². The summed E-state index contributed by atoms with van der Waals surface area (Å²) < 4.78 is 5.28. The van der Waals surface area contributed by atoms with Gasteiger partial charge in [-0.3, -0.25) is 14.5 Å². The number of carboxylic acid groups (broad SMARTS) is 1. The van der Waals surface area contributed by atoms with E-state index in [1.54, 1.807) is 0 Å². The minimum atomic E-state index is -0.732. The van der Waals surface area contributed by atoms with Gasteiger partial charge in [0.25, 0.3) is 0 Å². The summed E-state index contributed by atoms with van der Waals surface area (Å²) in [7, 11) is 0. The Labute approximate surface area is 126 Å². The second kappa shape index (κ2) is 7.75. The molecule has 2 aliphatic rings. The quantitative estimate of drug-likeness (QED) is 0.813. The molecule has 6 heteroatoms. The molecule has 0 aromatic carbocycles. The Hall–Kier alpha value is -1.14. The van der Waals surface area contributed by atoms with Crippen LogP contribution in [0, 0.1) is 5.92 Å². The van der Waals surface area contributed by atoms with Gasteiger partial charge < -0.3 is 14.7 Å². The summed E-state index contributed by atoms with van der Waals surface area (Å²) in [5.41, 5.74) is 0. The van der Waals surface area contributed by atoms with Crippen molar-refractivity contribution in [2.75, 3.05) is 39.4 Å². The van der Waals surface area contributed by atoms with Crippen LogP contribution in [-0.4, -0.2) is 72.2 Å². The molecule has 1 N–H and O–H groups in total. The predicted molar refractivity (Wildman–Crippen MR) is 78.0 cm³/mol. The molecule has 6 nitrogen and oxygen atoms in total. The SMILES string of the molecule is CC(C(=O)N1CCOCC1)N1CCCC(CCC(=O)O)C1. The third kappa shape index (κ3) is 4.68. The van der Waals surface area contributed by atoms with Crippen molar-refractivity contribution >= 4 is 11.9 Å². The number of carbonyl (C=O) groups is 2. The van der Waals surface area contributed by atoms with Gasteiger partial charge in [0.15, 0.2) is 0 Å². The number of carbonyl (C=O) groups excluding carboxylic acids is 1. The Balaban J connectivity index is 1.84. The number of nitrogens with zero attached hydrogens (tertiary/aromatic N) is 2. The minimum Gasteiger partial charge on any atom is -0.481 e. The summed E-state index contributed by atoms with van der Waals surface area (Å²) in [6, 6.07) is -0.115. The fraction of sp³-hybridized carbons (Fsp3) is 0.867. The molecule has 2 fully saturated rings. The van der Waals surface area contributed by atoms with E-state index in [4.69, 9.17) is 9.84 Å². The highest BCUT2D eigenvalue weighted by atomic mass is 16.5. The van der Waals surface area contributed by atoms with E-state index in [1.165, 1.54) is 0 Å². The highest BCUT2D eigenvalue weighted by Crippen LogP contribution is 2.23. The number of carboxylic acids is 1. The van der Waals surface area contributed by atoms with Gasteiger partial charge in [-0.25, -0.2) is 0 Å². The van der Waals surface area contributed by atoms with Crippen LogP contribution in [0.4, 0.5) is 0 Å². The van der Waals surface area contributed by atoms with Crippen molar-refractivity contribution in [3.63, 3.8) is 0 Å². The predicted octanol–water partition coefficient (Wildman–Crippen LogP) is 0.810. The van der Waals surface area contributed by atoms with E-state index in [0.29, 0.717) is 38.6 Å². The molecule has 0 spiro atoms. The Morgan fingerprint density at radius 1 is 1.29 bits per heavy atom. The number of morpholine rings is 1. The molecule has 2 rings (SSSR count). The number of amides is 1. The van der Waals surface area contributed by atoms with E-state index in [2.05, 4.69) is 4.90 Å². The molecule has 2 heterocycles. The summed E-state index contributed by atoms with van der Waals surface area (Å²) in [5, 5.41) is 8.79. The van der Waals surface area contributed by atoms with Crippen LogP contribution in [-0.2, 0) is 14.3 Å². The molecule has 0 aliphatic carbocycles. The van der Waals surface area contributed by atoms with Gasteiger partial charge in [0.1, 0.15) is 0 Å². The zero-order chi connectivity index (χ0) is 15.2. The topological polar surface area (TPSA) is 70.1 Å². The zero-order valence-electron chi connectivity index (χ0n) is 12.8. The minimum absolute atomic E-state index is 0.115. The number of likely N-dealkylation sites (tertiary alicyclic amines) is 1. The lowest BCUT2D eigenvalue weighted by molar-refractivity contribution is -0.142. The van der Waals surface area contributed by atoms with Gasteiger partial charge >= 0.3 is 5.97 Å². The van der Waals surface area contributed by atoms with Crippen molar-refractivity contribution in [2.45, 2.75) is 38.6 Å². The van der Waals surface area contributed by atoms with Crippen molar-refractivity contribution in [1.82, 2.24) is 9.80 Å².